The number of aliphatic hydroxyl groups is 1. The van der Waals surface area contributed by atoms with Gasteiger partial charge in [-0.05, 0) is 38.5 Å². The standard InChI is InChI=1S/C53H105N2O6P/c1-6-8-10-12-14-16-18-20-22-24-26-27-29-30-32-34-36-38-40-42-44-46-52(56)51(50-61-62(58,59)60-49-48-55(3,4)5)54-53(57)47-45-43-41-39-37-35-33-31-28-25-23-21-19-17-15-13-11-9-7-2/h15,17,19,21,51-52,56H,6-14,16,18,20,22-50H2,1-5H3,(H-,54,57,58,59)/p+1/b17-15-,21-19-. The molecular formula is C53H106N2O6P+. The minimum Gasteiger partial charge on any atom is -0.391 e. The number of carbonyl (C=O) groups excluding carboxylic acids is 1. The van der Waals surface area contributed by atoms with Crippen molar-refractivity contribution in [2.45, 2.75) is 270 Å². The van der Waals surface area contributed by atoms with Crippen LogP contribution in [0.5, 0.6) is 0 Å². The average Bonchev–Trinajstić information content (AvgIpc) is 3.23. The Labute approximate surface area is 385 Å². The third kappa shape index (κ3) is 47.0. The lowest BCUT2D eigenvalue weighted by Crippen LogP contribution is -2.46. The third-order valence-corrected chi connectivity index (χ3v) is 13.2. The molecule has 1 amide bonds. The van der Waals surface area contributed by atoms with Gasteiger partial charge in [0.2, 0.25) is 5.91 Å². The first-order valence-corrected chi connectivity index (χ1v) is 28.2. The van der Waals surface area contributed by atoms with Gasteiger partial charge in [0.15, 0.2) is 0 Å². The van der Waals surface area contributed by atoms with Crippen LogP contribution < -0.4 is 5.32 Å². The lowest BCUT2D eigenvalue weighted by atomic mass is 10.0. The molecule has 0 radical (unpaired) electrons. The Hall–Kier alpha value is -1.02. The van der Waals surface area contributed by atoms with E-state index in [1.165, 1.54) is 193 Å². The Morgan fingerprint density at radius 3 is 1.32 bits per heavy atom. The summed E-state index contributed by atoms with van der Waals surface area (Å²) in [6, 6.07) is -0.761. The average molecular weight is 898 g/mol. The predicted octanol–water partition coefficient (Wildman–Crippen LogP) is 15.6. The summed E-state index contributed by atoms with van der Waals surface area (Å²) in [7, 11) is 1.62. The van der Waals surface area contributed by atoms with Crippen molar-refractivity contribution in [3.05, 3.63) is 24.3 Å². The smallest absolute Gasteiger partial charge is 0.391 e. The zero-order valence-electron chi connectivity index (χ0n) is 41.9. The summed E-state index contributed by atoms with van der Waals surface area (Å²) < 4.78 is 23.7. The molecule has 9 heteroatoms. The van der Waals surface area contributed by atoms with Crippen LogP contribution in [0.1, 0.15) is 258 Å². The number of quaternary nitrogens is 1. The van der Waals surface area contributed by atoms with Gasteiger partial charge in [-0.1, -0.05) is 237 Å². The Balaban J connectivity index is 4.22. The maximum absolute atomic E-state index is 13.0. The van der Waals surface area contributed by atoms with Crippen molar-refractivity contribution in [1.82, 2.24) is 5.32 Å². The molecule has 0 saturated heterocycles. The van der Waals surface area contributed by atoms with E-state index >= 15 is 0 Å². The second-order valence-corrected chi connectivity index (χ2v) is 21.1. The van der Waals surface area contributed by atoms with E-state index in [0.29, 0.717) is 23.9 Å². The molecule has 62 heavy (non-hydrogen) atoms. The molecule has 368 valence electrons. The van der Waals surface area contributed by atoms with E-state index in [1.54, 1.807) is 0 Å². The van der Waals surface area contributed by atoms with Crippen LogP contribution in [-0.4, -0.2) is 73.4 Å². The summed E-state index contributed by atoms with van der Waals surface area (Å²) in [5.74, 6) is -0.145. The summed E-state index contributed by atoms with van der Waals surface area (Å²) >= 11 is 0. The Morgan fingerprint density at radius 1 is 0.548 bits per heavy atom. The van der Waals surface area contributed by atoms with Gasteiger partial charge in [0.05, 0.1) is 39.9 Å². The van der Waals surface area contributed by atoms with E-state index in [4.69, 9.17) is 9.05 Å². The molecule has 0 saturated carbocycles. The quantitative estimate of drug-likeness (QED) is 0.0243. The lowest BCUT2D eigenvalue weighted by Gasteiger charge is -2.26. The van der Waals surface area contributed by atoms with Crippen molar-refractivity contribution >= 4 is 13.7 Å². The maximum Gasteiger partial charge on any atom is 0.472 e. The first-order valence-electron chi connectivity index (χ1n) is 26.7. The highest BCUT2D eigenvalue weighted by molar-refractivity contribution is 7.47. The molecule has 0 bridgehead atoms. The number of phosphoric acid groups is 1. The number of phosphoric ester groups is 1. The summed E-state index contributed by atoms with van der Waals surface area (Å²) in [6.45, 7) is 4.89. The van der Waals surface area contributed by atoms with Gasteiger partial charge in [-0.3, -0.25) is 13.8 Å². The van der Waals surface area contributed by atoms with E-state index in [1.807, 2.05) is 21.1 Å². The number of rotatable bonds is 49. The number of likely N-dealkylation sites (N-methyl/N-ethyl adjacent to an activating group) is 1. The number of allylic oxidation sites excluding steroid dienone is 4. The minimum absolute atomic E-state index is 0.0751. The Kier molecular flexibility index (Phi) is 44.4. The fourth-order valence-electron chi connectivity index (χ4n) is 7.98. The summed E-state index contributed by atoms with van der Waals surface area (Å²) in [5, 5.41) is 14.0. The molecule has 0 aromatic carbocycles. The SMILES string of the molecule is CCCCC/C=C\C=C/CCCCCCCCCCCCC(=O)NC(COP(=O)(O)OCC[N+](C)(C)C)C(O)CCCCCCCCCCCCCCCCCCCCCCC. The molecule has 0 fully saturated rings. The van der Waals surface area contributed by atoms with Gasteiger partial charge in [-0.25, -0.2) is 4.57 Å². The normalized spacial score (nSPS) is 14.2. The molecule has 3 N–H and O–H groups in total. The zero-order valence-corrected chi connectivity index (χ0v) is 42.8. The van der Waals surface area contributed by atoms with Crippen molar-refractivity contribution < 1.29 is 32.9 Å². The fraction of sp³-hybridized carbons (Fsp3) is 0.906. The lowest BCUT2D eigenvalue weighted by molar-refractivity contribution is -0.870. The number of aliphatic hydroxyl groups excluding tert-OH is 1. The Bertz CT molecular complexity index is 1060. The first kappa shape index (κ1) is 61.0. The van der Waals surface area contributed by atoms with Crippen molar-refractivity contribution in [3.63, 3.8) is 0 Å². The van der Waals surface area contributed by atoms with Gasteiger partial charge in [0.1, 0.15) is 13.2 Å². The highest BCUT2D eigenvalue weighted by atomic mass is 31.2. The molecule has 0 aliphatic heterocycles. The molecule has 0 rings (SSSR count). The maximum atomic E-state index is 13.0. The molecule has 0 heterocycles. The largest absolute Gasteiger partial charge is 0.472 e. The van der Waals surface area contributed by atoms with Crippen molar-refractivity contribution in [1.29, 1.82) is 0 Å². The highest BCUT2D eigenvalue weighted by Crippen LogP contribution is 2.43. The molecule has 0 spiro atoms. The molecule has 8 nitrogen and oxygen atoms in total. The van der Waals surface area contributed by atoms with Crippen LogP contribution in [0.3, 0.4) is 0 Å². The van der Waals surface area contributed by atoms with E-state index < -0.39 is 20.0 Å². The summed E-state index contributed by atoms with van der Waals surface area (Å²) in [6.07, 6.45) is 55.0. The molecule has 3 atom stereocenters. The summed E-state index contributed by atoms with van der Waals surface area (Å²) in [4.78, 5) is 23.3. The van der Waals surface area contributed by atoms with Gasteiger partial charge in [-0.2, -0.15) is 0 Å². The number of nitrogens with zero attached hydrogens (tertiary/aromatic N) is 1. The van der Waals surface area contributed by atoms with Crippen LogP contribution in [0.25, 0.3) is 0 Å². The zero-order chi connectivity index (χ0) is 45.7. The fourth-order valence-corrected chi connectivity index (χ4v) is 8.72. The second-order valence-electron chi connectivity index (χ2n) is 19.6. The van der Waals surface area contributed by atoms with Gasteiger partial charge in [-0.15, -0.1) is 0 Å². The third-order valence-electron chi connectivity index (χ3n) is 12.2. The second kappa shape index (κ2) is 45.1. The predicted molar refractivity (Wildman–Crippen MR) is 268 cm³/mol. The van der Waals surface area contributed by atoms with Crippen LogP contribution in [0.4, 0.5) is 0 Å². The van der Waals surface area contributed by atoms with Gasteiger partial charge >= 0.3 is 7.82 Å². The van der Waals surface area contributed by atoms with Crippen molar-refractivity contribution in [2.75, 3.05) is 40.9 Å². The van der Waals surface area contributed by atoms with Crippen LogP contribution in [-0.2, 0) is 18.4 Å². The van der Waals surface area contributed by atoms with Crippen molar-refractivity contribution in [3.8, 4) is 0 Å². The number of nitrogens with one attached hydrogen (secondary N) is 1. The van der Waals surface area contributed by atoms with Gasteiger partial charge < -0.3 is 19.8 Å². The minimum atomic E-state index is -4.32. The van der Waals surface area contributed by atoms with E-state index in [-0.39, 0.29) is 19.1 Å². The van der Waals surface area contributed by atoms with Crippen LogP contribution in [0, 0.1) is 0 Å². The Morgan fingerprint density at radius 2 is 0.903 bits per heavy atom. The van der Waals surface area contributed by atoms with Crippen molar-refractivity contribution in [2.24, 2.45) is 0 Å². The number of amides is 1. The molecule has 0 aliphatic rings. The molecular weight excluding hydrogens is 792 g/mol. The molecule has 0 aliphatic carbocycles. The van der Waals surface area contributed by atoms with Gasteiger partial charge in [0, 0.05) is 6.42 Å². The number of hydrogen-bond acceptors (Lipinski definition) is 5. The number of unbranched alkanes of at least 4 members (excludes halogenated alkanes) is 33. The topological polar surface area (TPSA) is 105 Å². The van der Waals surface area contributed by atoms with Gasteiger partial charge in [0.25, 0.3) is 0 Å². The highest BCUT2D eigenvalue weighted by Gasteiger charge is 2.28. The van der Waals surface area contributed by atoms with Crippen LogP contribution in [0.15, 0.2) is 24.3 Å². The van der Waals surface area contributed by atoms with E-state index in [9.17, 15) is 19.4 Å². The van der Waals surface area contributed by atoms with E-state index in [2.05, 4.69) is 43.5 Å². The molecule has 3 unspecified atom stereocenters. The molecule has 0 aromatic heterocycles. The van der Waals surface area contributed by atoms with Crippen LogP contribution in [0.2, 0.25) is 0 Å². The van der Waals surface area contributed by atoms with E-state index in [0.717, 1.165) is 38.5 Å². The summed E-state index contributed by atoms with van der Waals surface area (Å²) in [5.41, 5.74) is 0. The first-order chi connectivity index (χ1) is 30.0. The van der Waals surface area contributed by atoms with Crippen LogP contribution >= 0.6 is 7.82 Å². The molecule has 0 aromatic rings. The monoisotopic (exact) mass is 898 g/mol. The number of hydrogen-bond donors (Lipinski definition) is 3. The number of carbonyl (C=O) groups is 1.